The lowest BCUT2D eigenvalue weighted by Crippen LogP contribution is -2.48. The smallest absolute Gasteiger partial charge is 0.178 e. The zero-order valence-electron chi connectivity index (χ0n) is 18.6. The molecule has 6 heteroatoms. The van der Waals surface area contributed by atoms with Gasteiger partial charge >= 0.3 is 0 Å². The Morgan fingerprint density at radius 1 is 0.758 bits per heavy atom. The van der Waals surface area contributed by atoms with Crippen LogP contribution in [-0.2, 0) is 0 Å². The van der Waals surface area contributed by atoms with Gasteiger partial charge in [-0.3, -0.25) is 9.80 Å². The molecule has 1 fully saturated rings. The largest absolute Gasteiger partial charge is 0.297 e. The van der Waals surface area contributed by atoms with Crippen LogP contribution in [0.1, 0.15) is 23.0 Å². The molecule has 0 saturated carbocycles. The third-order valence-electron chi connectivity index (χ3n) is 6.10. The second-order valence-corrected chi connectivity index (χ2v) is 8.25. The van der Waals surface area contributed by atoms with E-state index < -0.39 is 0 Å². The molecule has 166 valence electrons. The Bertz CT molecular complexity index is 1150. The molecule has 0 bridgehead atoms. The van der Waals surface area contributed by atoms with E-state index in [1.54, 1.807) is 0 Å². The molecule has 1 saturated heterocycles. The first-order valence-corrected chi connectivity index (χ1v) is 11.4. The number of benzene rings is 3. The molecule has 1 aromatic heterocycles. The minimum absolute atomic E-state index is 0.00316. The van der Waals surface area contributed by atoms with E-state index in [-0.39, 0.29) is 6.04 Å². The maximum atomic E-state index is 4.48. The fourth-order valence-electron chi connectivity index (χ4n) is 4.38. The summed E-state index contributed by atoms with van der Waals surface area (Å²) in [6, 6.07) is 31.2. The van der Waals surface area contributed by atoms with Crippen molar-refractivity contribution in [2.45, 2.75) is 6.04 Å². The van der Waals surface area contributed by atoms with Gasteiger partial charge in [0.15, 0.2) is 5.82 Å². The van der Waals surface area contributed by atoms with Crippen molar-refractivity contribution < 1.29 is 0 Å². The van der Waals surface area contributed by atoms with Crippen molar-refractivity contribution in [2.24, 2.45) is 0 Å². The number of tetrazole rings is 1. The van der Waals surface area contributed by atoms with Crippen molar-refractivity contribution in [3.63, 3.8) is 0 Å². The quantitative estimate of drug-likeness (QED) is 0.437. The molecule has 5 rings (SSSR count). The summed E-state index contributed by atoms with van der Waals surface area (Å²) in [5, 5.41) is 12.8. The Morgan fingerprint density at radius 2 is 1.39 bits per heavy atom. The van der Waals surface area contributed by atoms with Crippen LogP contribution in [0.5, 0.6) is 0 Å². The number of para-hydroxylation sites is 1. The number of hydrogen-bond donors (Lipinski definition) is 0. The number of nitrogens with zero attached hydrogens (tertiary/aromatic N) is 6. The summed E-state index contributed by atoms with van der Waals surface area (Å²) in [4.78, 5) is 5.00. The molecule has 0 amide bonds. The van der Waals surface area contributed by atoms with Crippen LogP contribution in [0.4, 0.5) is 0 Å². The van der Waals surface area contributed by atoms with E-state index in [0.717, 1.165) is 44.2 Å². The average molecular weight is 437 g/mol. The highest BCUT2D eigenvalue weighted by Gasteiger charge is 2.30. The highest BCUT2D eigenvalue weighted by Crippen LogP contribution is 2.29. The molecule has 0 radical (unpaired) electrons. The molecule has 0 spiro atoms. The zero-order chi connectivity index (χ0) is 22.3. The standard InChI is InChI=1S/C27H28N6/c1-4-11-23(12-5-1)13-10-18-31-19-21-32(22-20-31)26(24-14-6-2-7-15-24)27-28-29-30-33(27)25-16-8-3-9-17-25/h1-17,26H,18-22H2/b13-10+. The fourth-order valence-corrected chi connectivity index (χ4v) is 4.38. The number of rotatable bonds is 7. The third kappa shape index (κ3) is 5.08. The molecular formula is C27H28N6. The maximum absolute atomic E-state index is 4.48. The van der Waals surface area contributed by atoms with Crippen LogP contribution >= 0.6 is 0 Å². The second kappa shape index (κ2) is 10.3. The summed E-state index contributed by atoms with van der Waals surface area (Å²) in [5.74, 6) is 0.852. The van der Waals surface area contributed by atoms with Crippen molar-refractivity contribution in [3.05, 3.63) is 114 Å². The number of hydrogen-bond acceptors (Lipinski definition) is 5. The molecule has 6 nitrogen and oxygen atoms in total. The van der Waals surface area contributed by atoms with Crippen LogP contribution in [0, 0.1) is 0 Å². The second-order valence-electron chi connectivity index (χ2n) is 8.25. The van der Waals surface area contributed by atoms with Crippen molar-refractivity contribution in [3.8, 4) is 5.69 Å². The van der Waals surface area contributed by atoms with Crippen molar-refractivity contribution in [1.82, 2.24) is 30.0 Å². The molecule has 0 aliphatic carbocycles. The van der Waals surface area contributed by atoms with Gasteiger partial charge in [-0.1, -0.05) is 91.0 Å². The molecular weight excluding hydrogens is 408 g/mol. The first-order valence-electron chi connectivity index (χ1n) is 11.4. The summed E-state index contributed by atoms with van der Waals surface area (Å²) in [6.07, 6.45) is 4.46. The predicted octanol–water partition coefficient (Wildman–Crippen LogP) is 4.08. The molecule has 4 aromatic rings. The fraction of sp³-hybridized carbons (Fsp3) is 0.222. The Hall–Kier alpha value is -3.61. The first-order chi connectivity index (χ1) is 16.4. The van der Waals surface area contributed by atoms with Gasteiger partial charge in [-0.05, 0) is 33.7 Å². The maximum Gasteiger partial charge on any atom is 0.178 e. The van der Waals surface area contributed by atoms with Gasteiger partial charge < -0.3 is 0 Å². The summed E-state index contributed by atoms with van der Waals surface area (Å²) in [7, 11) is 0. The molecule has 3 aromatic carbocycles. The summed E-state index contributed by atoms with van der Waals surface area (Å²) in [5.41, 5.74) is 3.43. The summed E-state index contributed by atoms with van der Waals surface area (Å²) >= 11 is 0. The molecule has 1 unspecified atom stereocenters. The van der Waals surface area contributed by atoms with E-state index in [0.29, 0.717) is 0 Å². The Balaban J connectivity index is 1.33. The minimum Gasteiger partial charge on any atom is -0.297 e. The molecule has 1 atom stereocenters. The van der Waals surface area contributed by atoms with Gasteiger partial charge in [0.25, 0.3) is 0 Å². The van der Waals surface area contributed by atoms with E-state index in [1.165, 1.54) is 11.1 Å². The first kappa shape index (κ1) is 21.2. The zero-order valence-corrected chi connectivity index (χ0v) is 18.6. The monoisotopic (exact) mass is 436 g/mol. The number of aromatic nitrogens is 4. The normalized spacial score (nSPS) is 16.2. The van der Waals surface area contributed by atoms with Gasteiger partial charge in [0, 0.05) is 32.7 Å². The highest BCUT2D eigenvalue weighted by molar-refractivity contribution is 5.48. The van der Waals surface area contributed by atoms with Crippen LogP contribution in [0.15, 0.2) is 97.1 Å². The van der Waals surface area contributed by atoms with Crippen molar-refractivity contribution in [1.29, 1.82) is 0 Å². The lowest BCUT2D eigenvalue weighted by Gasteiger charge is -2.38. The van der Waals surface area contributed by atoms with Crippen molar-refractivity contribution in [2.75, 3.05) is 32.7 Å². The summed E-state index contributed by atoms with van der Waals surface area (Å²) in [6.45, 7) is 4.89. The van der Waals surface area contributed by atoms with Crippen LogP contribution in [-0.4, -0.2) is 62.7 Å². The molecule has 2 heterocycles. The van der Waals surface area contributed by atoms with Gasteiger partial charge in [0.05, 0.1) is 11.7 Å². The van der Waals surface area contributed by atoms with Crippen LogP contribution in [0.3, 0.4) is 0 Å². The van der Waals surface area contributed by atoms with E-state index in [2.05, 4.69) is 92.1 Å². The van der Waals surface area contributed by atoms with E-state index in [1.807, 2.05) is 41.1 Å². The Kier molecular flexibility index (Phi) is 6.66. The van der Waals surface area contributed by atoms with Crippen molar-refractivity contribution >= 4 is 6.08 Å². The topological polar surface area (TPSA) is 50.1 Å². The van der Waals surface area contributed by atoms with E-state index in [9.17, 15) is 0 Å². The molecule has 1 aliphatic heterocycles. The van der Waals surface area contributed by atoms with Crippen LogP contribution < -0.4 is 0 Å². The number of piperazine rings is 1. The third-order valence-corrected chi connectivity index (χ3v) is 6.10. The molecule has 0 N–H and O–H groups in total. The van der Waals surface area contributed by atoms with Gasteiger partial charge in [0.2, 0.25) is 0 Å². The van der Waals surface area contributed by atoms with E-state index >= 15 is 0 Å². The van der Waals surface area contributed by atoms with Gasteiger partial charge in [-0.2, -0.15) is 4.68 Å². The Morgan fingerprint density at radius 3 is 2.09 bits per heavy atom. The van der Waals surface area contributed by atoms with Crippen LogP contribution in [0.2, 0.25) is 0 Å². The van der Waals surface area contributed by atoms with Crippen LogP contribution in [0.25, 0.3) is 11.8 Å². The van der Waals surface area contributed by atoms with E-state index in [4.69, 9.17) is 0 Å². The van der Waals surface area contributed by atoms with Gasteiger partial charge in [0.1, 0.15) is 0 Å². The SMILES string of the molecule is C(=C\c1ccccc1)/CN1CCN(C(c2ccccc2)c2nnnn2-c2ccccc2)CC1. The molecule has 33 heavy (non-hydrogen) atoms. The minimum atomic E-state index is 0.00316. The Labute approximate surface area is 194 Å². The lowest BCUT2D eigenvalue weighted by molar-refractivity contribution is 0.113. The summed E-state index contributed by atoms with van der Waals surface area (Å²) < 4.78 is 1.87. The predicted molar refractivity (Wildman–Crippen MR) is 131 cm³/mol. The molecule has 1 aliphatic rings. The van der Waals surface area contributed by atoms with Gasteiger partial charge in [-0.15, -0.1) is 5.10 Å². The lowest BCUT2D eigenvalue weighted by atomic mass is 10.0. The van der Waals surface area contributed by atoms with Gasteiger partial charge in [-0.25, -0.2) is 0 Å². The highest BCUT2D eigenvalue weighted by atomic mass is 15.6. The average Bonchev–Trinajstić information content (AvgIpc) is 3.36.